The highest BCUT2D eigenvalue weighted by Crippen LogP contribution is 2.60. The summed E-state index contributed by atoms with van der Waals surface area (Å²) in [6, 6.07) is 2.41. The summed E-state index contributed by atoms with van der Waals surface area (Å²) >= 11 is 0. The molecule has 0 aromatic heterocycles. The normalized spacial score (nSPS) is 15.2. The van der Waals surface area contributed by atoms with Crippen LogP contribution in [0, 0.1) is 18.6 Å². The Morgan fingerprint density at radius 2 is 1.20 bits per heavy atom. The molecule has 0 N–H and O–H groups in total. The first-order valence-corrected chi connectivity index (χ1v) is 8.28. The summed E-state index contributed by atoms with van der Waals surface area (Å²) in [5.74, 6) is -9.60. The molecule has 30 heavy (non-hydrogen) atoms. The molecule has 0 amide bonds. The van der Waals surface area contributed by atoms with Gasteiger partial charge in [-0.05, 0) is 42.2 Å². The first kappa shape index (κ1) is 23.9. The zero-order valence-electron chi connectivity index (χ0n) is 15.3. The van der Waals surface area contributed by atoms with Crippen LogP contribution in [0.15, 0.2) is 30.3 Å². The van der Waals surface area contributed by atoms with E-state index in [1.54, 1.807) is 0 Å². The van der Waals surface area contributed by atoms with Gasteiger partial charge in [-0.3, -0.25) is 0 Å². The molecule has 1 atom stereocenters. The second kappa shape index (κ2) is 7.42. The monoisotopic (exact) mass is 450 g/mol. The highest BCUT2D eigenvalue weighted by Gasteiger charge is 2.82. The van der Waals surface area contributed by atoms with E-state index in [0.29, 0.717) is 18.2 Å². The van der Waals surface area contributed by atoms with Gasteiger partial charge in [0.2, 0.25) is 0 Å². The molecule has 0 aliphatic rings. The summed E-state index contributed by atoms with van der Waals surface area (Å²) in [6.07, 6.45) is -13.9. The molecule has 2 aromatic rings. The van der Waals surface area contributed by atoms with Crippen LogP contribution < -0.4 is 0 Å². The van der Waals surface area contributed by atoms with E-state index in [1.165, 1.54) is 6.92 Å². The van der Waals surface area contributed by atoms with E-state index in [9.17, 15) is 43.9 Å². The Morgan fingerprint density at radius 1 is 0.700 bits per heavy atom. The van der Waals surface area contributed by atoms with E-state index in [0.717, 1.165) is 13.0 Å². The van der Waals surface area contributed by atoms with Gasteiger partial charge in [-0.2, -0.15) is 35.1 Å². The van der Waals surface area contributed by atoms with Crippen molar-refractivity contribution in [3.8, 4) is 11.1 Å². The molecule has 0 aliphatic carbocycles. The average Bonchev–Trinajstić information content (AvgIpc) is 2.56. The van der Waals surface area contributed by atoms with Crippen LogP contribution in [0.1, 0.15) is 23.6 Å². The Balaban J connectivity index is 3.09. The van der Waals surface area contributed by atoms with Crippen molar-refractivity contribution < 1.29 is 48.3 Å². The van der Waals surface area contributed by atoms with Gasteiger partial charge in [-0.1, -0.05) is 24.6 Å². The van der Waals surface area contributed by atoms with Crippen LogP contribution in [0.2, 0.25) is 0 Å². The lowest BCUT2D eigenvalue weighted by molar-refractivity contribution is -0.389. The third kappa shape index (κ3) is 3.74. The van der Waals surface area contributed by atoms with Crippen LogP contribution in [0.5, 0.6) is 0 Å². The van der Waals surface area contributed by atoms with E-state index < -0.39 is 52.3 Å². The van der Waals surface area contributed by atoms with E-state index in [2.05, 4.69) is 0 Å². The van der Waals surface area contributed by atoms with Gasteiger partial charge in [0.1, 0.15) is 11.6 Å². The van der Waals surface area contributed by atoms with Gasteiger partial charge in [0.25, 0.3) is 0 Å². The van der Waals surface area contributed by atoms with Crippen molar-refractivity contribution in [1.29, 1.82) is 0 Å². The summed E-state index contributed by atoms with van der Waals surface area (Å²) in [7, 11) is 0. The third-order valence-electron chi connectivity index (χ3n) is 4.45. The minimum Gasteiger partial charge on any atom is -0.221 e. The van der Waals surface area contributed by atoms with Crippen molar-refractivity contribution in [2.45, 2.75) is 44.2 Å². The van der Waals surface area contributed by atoms with Crippen molar-refractivity contribution in [2.75, 3.05) is 0 Å². The van der Waals surface area contributed by atoms with Crippen LogP contribution >= 0.6 is 0 Å². The maximum atomic E-state index is 15.2. The molecule has 166 valence electrons. The predicted octanol–water partition coefficient (Wildman–Crippen LogP) is 7.43. The molecule has 0 saturated carbocycles. The first-order chi connectivity index (χ1) is 13.5. The fourth-order valence-electron chi connectivity index (χ4n) is 3.15. The molecule has 0 saturated heterocycles. The fraction of sp³-hybridized carbons (Fsp3) is 0.368. The van der Waals surface area contributed by atoms with Crippen LogP contribution in [-0.4, -0.2) is 18.3 Å². The quantitative estimate of drug-likeness (QED) is 0.425. The Labute approximate surface area is 163 Å². The van der Waals surface area contributed by atoms with Gasteiger partial charge < -0.3 is 0 Å². The van der Waals surface area contributed by atoms with Crippen LogP contribution in [0.25, 0.3) is 11.1 Å². The molecule has 0 radical (unpaired) electrons. The number of alkyl halides is 9. The molecular formula is C19H13F11. The minimum atomic E-state index is -6.92. The second-order valence-electron chi connectivity index (χ2n) is 6.59. The Morgan fingerprint density at radius 3 is 1.60 bits per heavy atom. The molecule has 0 heterocycles. The van der Waals surface area contributed by atoms with Gasteiger partial charge in [0, 0.05) is 11.6 Å². The van der Waals surface area contributed by atoms with E-state index in [1.807, 2.05) is 0 Å². The molecule has 0 bridgehead atoms. The molecule has 0 spiro atoms. The van der Waals surface area contributed by atoms with E-state index in [4.69, 9.17) is 0 Å². The number of hydrogen-bond acceptors (Lipinski definition) is 0. The molecule has 2 aromatic carbocycles. The standard InChI is InChI=1S/C19H13F11/c1-3-10-4-9(2)5-14(15(10)11-6-12(20)8-13(21)7-11)16(22,18(25,26)27)17(23,24)19(28,29)30/h4-8H,3H2,1-2H3. The highest BCUT2D eigenvalue weighted by molar-refractivity contribution is 5.74. The first-order valence-electron chi connectivity index (χ1n) is 8.28. The number of halogens is 11. The lowest BCUT2D eigenvalue weighted by Gasteiger charge is -2.37. The summed E-state index contributed by atoms with van der Waals surface area (Å²) in [5.41, 5.74) is -10.8. The Kier molecular flexibility index (Phi) is 5.92. The number of hydrogen-bond donors (Lipinski definition) is 0. The maximum Gasteiger partial charge on any atom is 0.457 e. The molecule has 0 aliphatic heterocycles. The smallest absolute Gasteiger partial charge is 0.221 e. The number of aryl methyl sites for hydroxylation is 2. The molecule has 11 heteroatoms. The molecule has 2 rings (SSSR count). The van der Waals surface area contributed by atoms with E-state index >= 15 is 4.39 Å². The molecule has 0 nitrogen and oxygen atoms in total. The molecule has 1 unspecified atom stereocenters. The van der Waals surface area contributed by atoms with Gasteiger partial charge in [-0.15, -0.1) is 0 Å². The van der Waals surface area contributed by atoms with Crippen molar-refractivity contribution in [1.82, 2.24) is 0 Å². The van der Waals surface area contributed by atoms with Crippen LogP contribution in [0.3, 0.4) is 0 Å². The Bertz CT molecular complexity index is 920. The minimum absolute atomic E-state index is 0.171. The lowest BCUT2D eigenvalue weighted by Crippen LogP contribution is -2.60. The lowest BCUT2D eigenvalue weighted by atomic mass is 9.79. The predicted molar refractivity (Wildman–Crippen MR) is 85.8 cm³/mol. The largest absolute Gasteiger partial charge is 0.457 e. The zero-order valence-corrected chi connectivity index (χ0v) is 15.3. The second-order valence-corrected chi connectivity index (χ2v) is 6.59. The van der Waals surface area contributed by atoms with Crippen molar-refractivity contribution in [3.63, 3.8) is 0 Å². The SMILES string of the molecule is CCc1cc(C)cc(C(F)(C(F)(F)F)C(F)(F)C(F)(F)F)c1-c1cc(F)cc(F)c1. The molecule has 0 fully saturated rings. The van der Waals surface area contributed by atoms with Crippen LogP contribution in [-0.2, 0) is 12.1 Å². The maximum absolute atomic E-state index is 15.2. The summed E-state index contributed by atoms with van der Waals surface area (Å²) in [4.78, 5) is 0. The fourth-order valence-corrected chi connectivity index (χ4v) is 3.15. The van der Waals surface area contributed by atoms with Crippen molar-refractivity contribution >= 4 is 0 Å². The van der Waals surface area contributed by atoms with E-state index in [-0.39, 0.29) is 23.6 Å². The third-order valence-corrected chi connectivity index (χ3v) is 4.45. The van der Waals surface area contributed by atoms with Crippen LogP contribution in [0.4, 0.5) is 48.3 Å². The summed E-state index contributed by atoms with van der Waals surface area (Å²) in [5, 5.41) is 0. The summed E-state index contributed by atoms with van der Waals surface area (Å²) in [6.45, 7) is 2.36. The van der Waals surface area contributed by atoms with Gasteiger partial charge in [0.15, 0.2) is 0 Å². The molecular weight excluding hydrogens is 437 g/mol. The van der Waals surface area contributed by atoms with Gasteiger partial charge in [-0.25, -0.2) is 13.2 Å². The topological polar surface area (TPSA) is 0 Å². The highest BCUT2D eigenvalue weighted by atomic mass is 19.4. The Hall–Kier alpha value is -2.33. The average molecular weight is 450 g/mol. The number of benzene rings is 2. The summed E-state index contributed by atoms with van der Waals surface area (Å²) < 4.78 is 150. The van der Waals surface area contributed by atoms with Crippen molar-refractivity contribution in [3.05, 3.63) is 58.7 Å². The van der Waals surface area contributed by atoms with Gasteiger partial charge >= 0.3 is 23.9 Å². The number of rotatable bonds is 4. The van der Waals surface area contributed by atoms with Gasteiger partial charge in [0.05, 0.1) is 0 Å². The zero-order chi connectivity index (χ0) is 23.3. The van der Waals surface area contributed by atoms with Crippen molar-refractivity contribution in [2.24, 2.45) is 0 Å².